The lowest BCUT2D eigenvalue weighted by molar-refractivity contribution is -0.117. The molecule has 0 saturated carbocycles. The second-order valence-corrected chi connectivity index (χ2v) is 2.59. The number of aliphatic hydroxyl groups excluding tert-OH is 1. The molecular weight excluding hydrogens is 132 g/mol. The average Bonchev–Trinajstić information content (AvgIpc) is 2.62. The summed E-state index contributed by atoms with van der Waals surface area (Å²) in [6.07, 6.45) is 1.57. The van der Waals surface area contributed by atoms with Gasteiger partial charge in [0.25, 0.3) is 0 Å². The van der Waals surface area contributed by atoms with Crippen LogP contribution in [-0.4, -0.2) is 23.8 Å². The van der Waals surface area contributed by atoms with Gasteiger partial charge in [0.15, 0.2) is 0 Å². The molecule has 1 aliphatic heterocycles. The van der Waals surface area contributed by atoms with Crippen LogP contribution in [-0.2, 0) is 9.53 Å². The molecule has 1 heterocycles. The molecule has 0 spiro atoms. The Labute approximate surface area is 60.0 Å². The van der Waals surface area contributed by atoms with Gasteiger partial charge in [-0.05, 0) is 6.42 Å². The van der Waals surface area contributed by atoms with Gasteiger partial charge < -0.3 is 9.84 Å². The third kappa shape index (κ3) is 1.48. The number of hydrogen-bond donors (Lipinski definition) is 1. The molecule has 58 valence electrons. The zero-order valence-corrected chi connectivity index (χ0v) is 6.04. The summed E-state index contributed by atoms with van der Waals surface area (Å²) < 4.78 is 4.62. The number of aliphatic hydroxyl groups is 1. The monoisotopic (exact) mass is 144 g/mol. The number of carbonyl (C=O) groups excluding carboxylic acids is 1. The van der Waals surface area contributed by atoms with Gasteiger partial charge in [0, 0.05) is 5.92 Å². The summed E-state index contributed by atoms with van der Waals surface area (Å²) in [5, 5.41) is 8.75. The van der Waals surface area contributed by atoms with Gasteiger partial charge in [-0.1, -0.05) is 13.3 Å². The average molecular weight is 144 g/mol. The minimum absolute atomic E-state index is 0.0394. The van der Waals surface area contributed by atoms with Crippen molar-refractivity contribution in [1.82, 2.24) is 0 Å². The Kier molecular flexibility index (Phi) is 2.27. The van der Waals surface area contributed by atoms with Gasteiger partial charge in [0.05, 0.1) is 6.61 Å². The first-order valence-corrected chi connectivity index (χ1v) is 3.61. The molecule has 10 heavy (non-hydrogen) atoms. The molecule has 0 aromatic rings. The highest BCUT2D eigenvalue weighted by atomic mass is 16.6. The van der Waals surface area contributed by atoms with E-state index in [1.54, 1.807) is 0 Å². The number of rotatable bonds is 4. The Morgan fingerprint density at radius 1 is 1.80 bits per heavy atom. The second kappa shape index (κ2) is 3.01. The van der Waals surface area contributed by atoms with Crippen LogP contribution in [0.25, 0.3) is 0 Å². The molecule has 3 heteroatoms. The number of cyclic esters (lactones) is 1. The summed E-state index contributed by atoms with van der Waals surface area (Å²) in [6, 6.07) is 0. The van der Waals surface area contributed by atoms with Crippen molar-refractivity contribution in [2.75, 3.05) is 6.61 Å². The molecule has 0 aromatic carbocycles. The molecule has 0 aliphatic carbocycles. The molecule has 1 fully saturated rings. The maximum atomic E-state index is 10.4. The van der Waals surface area contributed by atoms with E-state index >= 15 is 0 Å². The molecular formula is C7H12O3. The predicted octanol–water partition coefficient (Wildman–Crippen LogP) is 0.320. The van der Waals surface area contributed by atoms with Crippen molar-refractivity contribution in [3.63, 3.8) is 0 Å². The first-order chi connectivity index (χ1) is 4.79. The Bertz CT molecular complexity index is 133. The van der Waals surface area contributed by atoms with Crippen molar-refractivity contribution in [1.29, 1.82) is 0 Å². The molecule has 0 radical (unpaired) electrons. The summed E-state index contributed by atoms with van der Waals surface area (Å²) in [7, 11) is 0. The largest absolute Gasteiger partial charge is 0.447 e. The molecule has 2 atom stereocenters. The summed E-state index contributed by atoms with van der Waals surface area (Å²) in [6.45, 7) is 2.08. The molecule has 1 rings (SSSR count). The number of hydrogen-bond acceptors (Lipinski definition) is 3. The van der Waals surface area contributed by atoms with Gasteiger partial charge in [-0.25, -0.2) is 4.79 Å². The van der Waals surface area contributed by atoms with Crippen LogP contribution < -0.4 is 0 Å². The van der Waals surface area contributed by atoms with E-state index < -0.39 is 0 Å². The van der Waals surface area contributed by atoms with Crippen molar-refractivity contribution in [3.8, 4) is 0 Å². The van der Waals surface area contributed by atoms with Gasteiger partial charge in [-0.2, -0.15) is 0 Å². The lowest BCUT2D eigenvalue weighted by Gasteiger charge is -2.05. The van der Waals surface area contributed by atoms with Crippen LogP contribution in [0.5, 0.6) is 0 Å². The van der Waals surface area contributed by atoms with Crippen molar-refractivity contribution in [3.05, 3.63) is 0 Å². The number of epoxide rings is 1. The highest BCUT2D eigenvalue weighted by molar-refractivity contribution is 5.87. The van der Waals surface area contributed by atoms with Crippen LogP contribution in [0.15, 0.2) is 0 Å². The van der Waals surface area contributed by atoms with E-state index in [1.807, 2.05) is 6.92 Å². The Balaban J connectivity index is 2.27. The maximum Gasteiger partial charge on any atom is 0.348 e. The van der Waals surface area contributed by atoms with Crippen LogP contribution in [0.4, 0.5) is 0 Å². The Morgan fingerprint density at radius 3 is 2.70 bits per heavy atom. The third-order valence-electron chi connectivity index (χ3n) is 1.74. The van der Waals surface area contributed by atoms with Crippen molar-refractivity contribution in [2.24, 2.45) is 5.92 Å². The smallest absolute Gasteiger partial charge is 0.348 e. The van der Waals surface area contributed by atoms with E-state index in [9.17, 15) is 4.79 Å². The van der Waals surface area contributed by atoms with Crippen molar-refractivity contribution < 1.29 is 14.6 Å². The molecule has 1 N–H and O–H groups in total. The summed E-state index contributed by atoms with van der Waals surface area (Å²) in [5.41, 5.74) is 0. The van der Waals surface area contributed by atoms with Crippen LogP contribution in [0.3, 0.4) is 0 Å². The van der Waals surface area contributed by atoms with Crippen LogP contribution in [0, 0.1) is 5.92 Å². The Hall–Kier alpha value is -0.570. The third-order valence-corrected chi connectivity index (χ3v) is 1.74. The number of carbonyl (C=O) groups is 1. The molecule has 0 bridgehead atoms. The standard InChI is InChI=1S/C7H12O3/c1-2-3-5(4-8)6-7(9)10-6/h5-6,8H,2-4H2,1H3. The lowest BCUT2D eigenvalue weighted by atomic mass is 10.0. The minimum Gasteiger partial charge on any atom is -0.447 e. The van der Waals surface area contributed by atoms with E-state index in [-0.39, 0.29) is 24.6 Å². The number of ether oxygens (including phenoxy) is 1. The van der Waals surface area contributed by atoms with Crippen LogP contribution in [0.2, 0.25) is 0 Å². The SMILES string of the molecule is CCCC(CO)C1OC1=O. The first-order valence-electron chi connectivity index (χ1n) is 3.61. The zero-order valence-electron chi connectivity index (χ0n) is 6.04. The van der Waals surface area contributed by atoms with Gasteiger partial charge in [-0.3, -0.25) is 0 Å². The van der Waals surface area contributed by atoms with Gasteiger partial charge in [0.1, 0.15) is 0 Å². The van der Waals surface area contributed by atoms with Gasteiger partial charge in [0.2, 0.25) is 6.10 Å². The lowest BCUT2D eigenvalue weighted by Crippen LogP contribution is -2.13. The fourth-order valence-corrected chi connectivity index (χ4v) is 1.09. The summed E-state index contributed by atoms with van der Waals surface area (Å²) in [5.74, 6) is -0.120. The quantitative estimate of drug-likeness (QED) is 0.578. The van der Waals surface area contributed by atoms with E-state index in [0.29, 0.717) is 0 Å². The zero-order chi connectivity index (χ0) is 7.56. The highest BCUT2D eigenvalue weighted by Gasteiger charge is 2.44. The molecule has 1 aliphatic rings. The van der Waals surface area contributed by atoms with E-state index in [1.165, 1.54) is 0 Å². The second-order valence-electron chi connectivity index (χ2n) is 2.59. The molecule has 2 unspecified atom stereocenters. The van der Waals surface area contributed by atoms with E-state index in [2.05, 4.69) is 4.74 Å². The van der Waals surface area contributed by atoms with Crippen molar-refractivity contribution in [2.45, 2.75) is 25.9 Å². The molecule has 3 nitrogen and oxygen atoms in total. The van der Waals surface area contributed by atoms with Crippen LogP contribution in [0.1, 0.15) is 19.8 Å². The van der Waals surface area contributed by atoms with E-state index in [0.717, 1.165) is 12.8 Å². The fraction of sp³-hybridized carbons (Fsp3) is 0.857. The molecule has 0 amide bonds. The highest BCUT2D eigenvalue weighted by Crippen LogP contribution is 2.25. The predicted molar refractivity (Wildman–Crippen MR) is 35.4 cm³/mol. The normalized spacial score (nSPS) is 25.8. The summed E-state index contributed by atoms with van der Waals surface area (Å²) in [4.78, 5) is 10.4. The fourth-order valence-electron chi connectivity index (χ4n) is 1.09. The Morgan fingerprint density at radius 2 is 2.40 bits per heavy atom. The summed E-state index contributed by atoms with van der Waals surface area (Å²) >= 11 is 0. The van der Waals surface area contributed by atoms with Crippen LogP contribution >= 0.6 is 0 Å². The van der Waals surface area contributed by atoms with Crippen molar-refractivity contribution >= 4 is 5.97 Å². The molecule has 1 saturated heterocycles. The van der Waals surface area contributed by atoms with Gasteiger partial charge in [-0.15, -0.1) is 0 Å². The van der Waals surface area contributed by atoms with E-state index in [4.69, 9.17) is 5.11 Å². The first kappa shape index (κ1) is 7.54. The maximum absolute atomic E-state index is 10.4. The minimum atomic E-state index is -0.287. The van der Waals surface area contributed by atoms with Gasteiger partial charge >= 0.3 is 5.97 Å². The molecule has 0 aromatic heterocycles. The topological polar surface area (TPSA) is 49.8 Å².